The molecule has 194 valence electrons. The van der Waals surface area contributed by atoms with Crippen LogP contribution in [0.1, 0.15) is 11.1 Å². The van der Waals surface area contributed by atoms with E-state index in [2.05, 4.69) is 13.2 Å². The summed E-state index contributed by atoms with van der Waals surface area (Å²) in [5.41, 5.74) is -2.88. The number of hydrogen-bond acceptors (Lipinski definition) is 2. The molecule has 0 heterocycles. The Kier molecular flexibility index (Phi) is 7.25. The van der Waals surface area contributed by atoms with E-state index in [0.29, 0.717) is 11.1 Å². The zero-order valence-corrected chi connectivity index (χ0v) is 19.0. The van der Waals surface area contributed by atoms with Crippen molar-refractivity contribution in [3.63, 3.8) is 0 Å². The van der Waals surface area contributed by atoms with E-state index in [-0.39, 0.29) is 11.5 Å². The molecule has 2 nitrogen and oxygen atoms in total. The third kappa shape index (κ3) is 4.60. The van der Waals surface area contributed by atoms with Crippen LogP contribution < -0.4 is 9.47 Å². The molecule has 4 aromatic rings. The normalized spacial score (nSPS) is 10.8. The Balaban J connectivity index is 1.81. The van der Waals surface area contributed by atoms with Crippen molar-refractivity contribution in [1.82, 2.24) is 0 Å². The van der Waals surface area contributed by atoms with Crippen LogP contribution >= 0.6 is 0 Å². The predicted octanol–water partition coefficient (Wildman–Crippen LogP) is 9.34. The van der Waals surface area contributed by atoms with E-state index in [1.54, 1.807) is 0 Å². The molecule has 0 saturated heterocycles. The number of rotatable bonds is 7. The fraction of sp³-hybridized carbons (Fsp3) is 0. The van der Waals surface area contributed by atoms with E-state index >= 15 is 0 Å². The number of benzene rings is 4. The molecule has 0 aliphatic heterocycles. The lowest BCUT2D eigenvalue weighted by atomic mass is 10.0. The summed E-state index contributed by atoms with van der Waals surface area (Å²) in [6, 6.07) is 10.4. The fourth-order valence-electron chi connectivity index (χ4n) is 3.42. The lowest BCUT2D eigenvalue weighted by Gasteiger charge is -2.16. The molecule has 0 aliphatic carbocycles. The number of ether oxygens (including phenoxy) is 2. The van der Waals surface area contributed by atoms with Crippen molar-refractivity contribution < 1.29 is 44.6 Å². The third-order valence-electron chi connectivity index (χ3n) is 5.37. The minimum absolute atomic E-state index is 0.253. The molecule has 0 aliphatic rings. The summed E-state index contributed by atoms with van der Waals surface area (Å²) in [6.07, 6.45) is 2.88. The highest BCUT2D eigenvalue weighted by Gasteiger charge is 2.35. The second kappa shape index (κ2) is 10.4. The summed E-state index contributed by atoms with van der Waals surface area (Å²) in [5.74, 6) is -21.9. The van der Waals surface area contributed by atoms with Gasteiger partial charge >= 0.3 is 0 Å². The smallest absolute Gasteiger partial charge is 0.205 e. The first kappa shape index (κ1) is 26.5. The minimum atomic E-state index is -2.35. The first-order valence-electron chi connectivity index (χ1n) is 10.6. The number of hydrogen-bond donors (Lipinski definition) is 0. The van der Waals surface area contributed by atoms with Crippen LogP contribution in [0.15, 0.2) is 61.7 Å². The predicted molar refractivity (Wildman–Crippen MR) is 125 cm³/mol. The highest BCUT2D eigenvalue weighted by molar-refractivity contribution is 5.69. The van der Waals surface area contributed by atoms with Gasteiger partial charge < -0.3 is 9.47 Å². The van der Waals surface area contributed by atoms with Crippen LogP contribution in [0.3, 0.4) is 0 Å². The quantitative estimate of drug-likeness (QED) is 0.174. The monoisotopic (exact) mass is 534 g/mol. The van der Waals surface area contributed by atoms with Gasteiger partial charge in [0, 0.05) is 0 Å². The van der Waals surface area contributed by atoms with Crippen LogP contribution in [0, 0.1) is 46.5 Å². The van der Waals surface area contributed by atoms with E-state index in [0.717, 1.165) is 0 Å². The molecule has 0 spiro atoms. The van der Waals surface area contributed by atoms with Crippen LogP contribution in [-0.4, -0.2) is 0 Å². The molecular weight excluding hydrogens is 520 g/mol. The summed E-state index contributed by atoms with van der Waals surface area (Å²) < 4.78 is 128. The second-order valence-corrected chi connectivity index (χ2v) is 7.67. The zero-order chi connectivity index (χ0) is 27.7. The van der Waals surface area contributed by atoms with Gasteiger partial charge in [0.1, 0.15) is 11.5 Å². The van der Waals surface area contributed by atoms with Gasteiger partial charge in [0.05, 0.1) is 11.1 Å². The topological polar surface area (TPSA) is 18.5 Å². The molecule has 0 unspecified atom stereocenters. The van der Waals surface area contributed by atoms with Gasteiger partial charge in [-0.25, -0.2) is 17.6 Å². The number of halogens is 8. The molecule has 0 bridgehead atoms. The average Bonchev–Trinajstić information content (AvgIpc) is 2.93. The van der Waals surface area contributed by atoms with Gasteiger partial charge in [-0.2, -0.15) is 17.6 Å². The van der Waals surface area contributed by atoms with Crippen molar-refractivity contribution in [1.29, 1.82) is 0 Å². The molecule has 0 radical (unpaired) electrons. The van der Waals surface area contributed by atoms with Crippen molar-refractivity contribution in [2.24, 2.45) is 0 Å². The Bertz CT molecular complexity index is 1390. The first-order chi connectivity index (χ1) is 18.1. The molecule has 10 heteroatoms. The van der Waals surface area contributed by atoms with Crippen LogP contribution in [0.25, 0.3) is 23.3 Å². The Morgan fingerprint density at radius 3 is 0.921 bits per heavy atom. The molecule has 38 heavy (non-hydrogen) atoms. The van der Waals surface area contributed by atoms with Gasteiger partial charge in [-0.3, -0.25) is 0 Å². The van der Waals surface area contributed by atoms with E-state index in [9.17, 15) is 35.1 Å². The standard InChI is InChI=1S/C28H14F8O2/c1-3-13-5-9-15(10-6-13)37-27-23(33)19(29)17(20(30)24(27)34)18-21(31)25(35)28(26(36)22(18)32)38-16-11-7-14(4-2)8-12-16/h3-12H,1-2H2. The molecule has 4 rings (SSSR count). The lowest BCUT2D eigenvalue weighted by Crippen LogP contribution is -2.09. The van der Waals surface area contributed by atoms with E-state index < -0.39 is 69.2 Å². The van der Waals surface area contributed by atoms with Gasteiger partial charge in [-0.1, -0.05) is 49.6 Å². The Labute approximate surface area is 210 Å². The molecule has 0 atom stereocenters. The Morgan fingerprint density at radius 1 is 0.421 bits per heavy atom. The second-order valence-electron chi connectivity index (χ2n) is 7.67. The van der Waals surface area contributed by atoms with E-state index in [4.69, 9.17) is 9.47 Å². The van der Waals surface area contributed by atoms with Crippen molar-refractivity contribution in [2.75, 3.05) is 0 Å². The molecule has 0 fully saturated rings. The first-order valence-corrected chi connectivity index (χ1v) is 10.6. The molecule has 0 aromatic heterocycles. The van der Waals surface area contributed by atoms with Crippen molar-refractivity contribution in [3.8, 4) is 34.1 Å². The van der Waals surface area contributed by atoms with Crippen LogP contribution in [0.2, 0.25) is 0 Å². The fourth-order valence-corrected chi connectivity index (χ4v) is 3.42. The molecule has 0 saturated carbocycles. The minimum Gasteiger partial charge on any atom is -0.451 e. The largest absolute Gasteiger partial charge is 0.451 e. The summed E-state index contributed by atoms with van der Waals surface area (Å²) in [5, 5.41) is 0. The van der Waals surface area contributed by atoms with Gasteiger partial charge in [-0.15, -0.1) is 0 Å². The summed E-state index contributed by atoms with van der Waals surface area (Å²) in [4.78, 5) is 0. The summed E-state index contributed by atoms with van der Waals surface area (Å²) in [7, 11) is 0. The Hall–Kier alpha value is -4.60. The van der Waals surface area contributed by atoms with Crippen molar-refractivity contribution in [3.05, 3.63) is 119 Å². The maximum atomic E-state index is 14.9. The summed E-state index contributed by atoms with van der Waals surface area (Å²) >= 11 is 0. The Morgan fingerprint density at radius 2 is 0.684 bits per heavy atom. The third-order valence-corrected chi connectivity index (χ3v) is 5.37. The zero-order valence-electron chi connectivity index (χ0n) is 19.0. The van der Waals surface area contributed by atoms with Gasteiger partial charge in [0.25, 0.3) is 0 Å². The SMILES string of the molecule is C=Cc1ccc(Oc2c(F)c(F)c(-c3c(F)c(F)c(Oc4ccc(C=C)cc4)c(F)c3F)c(F)c2F)cc1. The molecular formula is C28H14F8O2. The van der Waals surface area contributed by atoms with Gasteiger partial charge in [0.2, 0.25) is 34.8 Å². The van der Waals surface area contributed by atoms with E-state index in [1.807, 2.05) is 0 Å². The molecule has 0 N–H and O–H groups in total. The summed E-state index contributed by atoms with van der Waals surface area (Å²) in [6.45, 7) is 7.02. The van der Waals surface area contributed by atoms with Crippen molar-refractivity contribution in [2.45, 2.75) is 0 Å². The maximum absolute atomic E-state index is 14.9. The highest BCUT2D eigenvalue weighted by Crippen LogP contribution is 2.43. The average molecular weight is 534 g/mol. The highest BCUT2D eigenvalue weighted by atomic mass is 19.2. The molecule has 4 aromatic carbocycles. The van der Waals surface area contributed by atoms with E-state index in [1.165, 1.54) is 60.7 Å². The van der Waals surface area contributed by atoms with Crippen LogP contribution in [0.5, 0.6) is 23.0 Å². The van der Waals surface area contributed by atoms with Gasteiger partial charge in [-0.05, 0) is 35.4 Å². The van der Waals surface area contributed by atoms with Crippen LogP contribution in [-0.2, 0) is 0 Å². The van der Waals surface area contributed by atoms with Crippen LogP contribution in [0.4, 0.5) is 35.1 Å². The maximum Gasteiger partial charge on any atom is 0.205 e. The van der Waals surface area contributed by atoms with Crippen molar-refractivity contribution >= 4 is 12.2 Å². The van der Waals surface area contributed by atoms with Gasteiger partial charge in [0.15, 0.2) is 23.3 Å². The molecule has 0 amide bonds. The lowest BCUT2D eigenvalue weighted by molar-refractivity contribution is 0.360.